The van der Waals surface area contributed by atoms with Gasteiger partial charge in [0.2, 0.25) is 0 Å². The number of rotatable bonds is 6. The molecule has 3 heteroatoms. The molecule has 0 bridgehead atoms. The molecule has 2 rings (SSSR count). The number of nitrogens with zero attached hydrogens (tertiary/aromatic N) is 2. The standard InChI is InChI=1S/C18H37N3/c1-4-6-16-7-5-10-18(15-19,11-8-16)21(3)14-17-9-12-20(2)13-17/h16-17H,4-15,19H2,1-3H3. The van der Waals surface area contributed by atoms with Crippen molar-refractivity contribution in [2.75, 3.05) is 40.3 Å². The maximum atomic E-state index is 6.28. The molecule has 1 aliphatic heterocycles. The Morgan fingerprint density at radius 2 is 2.00 bits per heavy atom. The molecular weight excluding hydrogens is 258 g/mol. The first-order chi connectivity index (χ1) is 10.1. The summed E-state index contributed by atoms with van der Waals surface area (Å²) >= 11 is 0. The summed E-state index contributed by atoms with van der Waals surface area (Å²) in [6.07, 6.45) is 10.9. The molecule has 0 spiro atoms. The Bertz CT molecular complexity index is 307. The molecule has 1 heterocycles. The van der Waals surface area contributed by atoms with E-state index in [0.29, 0.717) is 0 Å². The Labute approximate surface area is 132 Å². The zero-order chi connectivity index (χ0) is 15.3. The van der Waals surface area contributed by atoms with E-state index in [1.807, 2.05) is 0 Å². The fourth-order valence-electron chi connectivity index (χ4n) is 4.66. The van der Waals surface area contributed by atoms with E-state index in [2.05, 4.69) is 30.8 Å². The molecule has 0 amide bonds. The summed E-state index contributed by atoms with van der Waals surface area (Å²) in [6, 6.07) is 0. The highest BCUT2D eigenvalue weighted by Crippen LogP contribution is 2.36. The van der Waals surface area contributed by atoms with Crippen molar-refractivity contribution in [1.29, 1.82) is 0 Å². The summed E-state index contributed by atoms with van der Waals surface area (Å²) in [5.74, 6) is 1.80. The van der Waals surface area contributed by atoms with Crippen LogP contribution >= 0.6 is 0 Å². The van der Waals surface area contributed by atoms with Gasteiger partial charge in [-0.15, -0.1) is 0 Å². The van der Waals surface area contributed by atoms with Gasteiger partial charge >= 0.3 is 0 Å². The molecule has 21 heavy (non-hydrogen) atoms. The summed E-state index contributed by atoms with van der Waals surface area (Å²) < 4.78 is 0. The summed E-state index contributed by atoms with van der Waals surface area (Å²) in [4.78, 5) is 5.11. The molecule has 2 fully saturated rings. The van der Waals surface area contributed by atoms with Crippen LogP contribution in [-0.4, -0.2) is 55.6 Å². The van der Waals surface area contributed by atoms with E-state index < -0.39 is 0 Å². The highest BCUT2D eigenvalue weighted by atomic mass is 15.2. The fourth-order valence-corrected chi connectivity index (χ4v) is 4.66. The van der Waals surface area contributed by atoms with Crippen LogP contribution < -0.4 is 5.73 Å². The number of likely N-dealkylation sites (N-methyl/N-ethyl adjacent to an activating group) is 1. The van der Waals surface area contributed by atoms with E-state index in [-0.39, 0.29) is 5.54 Å². The average molecular weight is 296 g/mol. The van der Waals surface area contributed by atoms with E-state index in [1.165, 1.54) is 71.0 Å². The van der Waals surface area contributed by atoms with Gasteiger partial charge in [0.1, 0.15) is 0 Å². The lowest BCUT2D eigenvalue weighted by molar-refractivity contribution is 0.0891. The zero-order valence-corrected chi connectivity index (χ0v) is 14.6. The van der Waals surface area contributed by atoms with E-state index in [9.17, 15) is 0 Å². The second-order valence-corrected chi connectivity index (χ2v) is 7.81. The molecule has 1 aliphatic carbocycles. The molecule has 3 atom stereocenters. The van der Waals surface area contributed by atoms with Gasteiger partial charge < -0.3 is 10.6 Å². The van der Waals surface area contributed by atoms with Crippen molar-refractivity contribution >= 4 is 0 Å². The van der Waals surface area contributed by atoms with Crippen molar-refractivity contribution in [2.45, 2.75) is 63.8 Å². The lowest BCUT2D eigenvalue weighted by atomic mass is 9.86. The normalized spacial score (nSPS) is 35.3. The molecular formula is C18H37N3. The van der Waals surface area contributed by atoms with Crippen LogP contribution in [0.25, 0.3) is 0 Å². The Kier molecular flexibility index (Phi) is 6.51. The molecule has 0 radical (unpaired) electrons. The van der Waals surface area contributed by atoms with Crippen molar-refractivity contribution in [2.24, 2.45) is 17.6 Å². The topological polar surface area (TPSA) is 32.5 Å². The van der Waals surface area contributed by atoms with Crippen molar-refractivity contribution in [1.82, 2.24) is 9.80 Å². The zero-order valence-electron chi connectivity index (χ0n) is 14.6. The van der Waals surface area contributed by atoms with Gasteiger partial charge in [-0.1, -0.05) is 32.6 Å². The van der Waals surface area contributed by atoms with Gasteiger partial charge in [-0.3, -0.25) is 4.90 Å². The molecule has 0 aromatic heterocycles. The lowest BCUT2D eigenvalue weighted by Gasteiger charge is -2.42. The SMILES string of the molecule is CCCC1CCCC(CN)(N(C)CC2CCN(C)C2)CC1. The molecule has 1 saturated carbocycles. The summed E-state index contributed by atoms with van der Waals surface area (Å²) in [7, 11) is 4.59. The van der Waals surface area contributed by atoms with Crippen LogP contribution in [0, 0.1) is 11.8 Å². The fraction of sp³-hybridized carbons (Fsp3) is 1.00. The molecule has 1 saturated heterocycles. The van der Waals surface area contributed by atoms with Crippen LogP contribution in [0.3, 0.4) is 0 Å². The second-order valence-electron chi connectivity index (χ2n) is 7.81. The van der Waals surface area contributed by atoms with E-state index in [1.54, 1.807) is 0 Å². The minimum Gasteiger partial charge on any atom is -0.329 e. The third-order valence-corrected chi connectivity index (χ3v) is 6.18. The first-order valence-electron chi connectivity index (χ1n) is 9.19. The molecule has 3 nitrogen and oxygen atoms in total. The Morgan fingerprint density at radius 3 is 2.62 bits per heavy atom. The van der Waals surface area contributed by atoms with Gasteiger partial charge in [-0.05, 0) is 58.2 Å². The predicted molar refractivity (Wildman–Crippen MR) is 91.5 cm³/mol. The summed E-state index contributed by atoms with van der Waals surface area (Å²) in [5, 5.41) is 0. The van der Waals surface area contributed by atoms with Gasteiger partial charge in [0.05, 0.1) is 0 Å². The maximum Gasteiger partial charge on any atom is 0.0328 e. The van der Waals surface area contributed by atoms with Crippen molar-refractivity contribution in [3.63, 3.8) is 0 Å². The van der Waals surface area contributed by atoms with Crippen LogP contribution in [0.15, 0.2) is 0 Å². The highest BCUT2D eigenvalue weighted by molar-refractivity contribution is 4.94. The van der Waals surface area contributed by atoms with Gasteiger partial charge in [-0.25, -0.2) is 0 Å². The molecule has 124 valence electrons. The van der Waals surface area contributed by atoms with E-state index >= 15 is 0 Å². The van der Waals surface area contributed by atoms with E-state index in [4.69, 9.17) is 5.73 Å². The van der Waals surface area contributed by atoms with Crippen LogP contribution in [0.5, 0.6) is 0 Å². The third kappa shape index (κ3) is 4.43. The lowest BCUT2D eigenvalue weighted by Crippen LogP contribution is -2.53. The molecule has 0 aromatic rings. The quantitative estimate of drug-likeness (QED) is 0.765. The van der Waals surface area contributed by atoms with Crippen LogP contribution in [0.2, 0.25) is 0 Å². The monoisotopic (exact) mass is 295 g/mol. The molecule has 2 N–H and O–H groups in total. The smallest absolute Gasteiger partial charge is 0.0328 e. The summed E-state index contributed by atoms with van der Waals surface area (Å²) in [6.45, 7) is 6.94. The predicted octanol–water partition coefficient (Wildman–Crippen LogP) is 2.95. The average Bonchev–Trinajstić information content (AvgIpc) is 2.75. The highest BCUT2D eigenvalue weighted by Gasteiger charge is 2.36. The van der Waals surface area contributed by atoms with Gasteiger partial charge in [0.25, 0.3) is 0 Å². The van der Waals surface area contributed by atoms with Crippen LogP contribution in [0.1, 0.15) is 58.3 Å². The number of likely N-dealkylation sites (tertiary alicyclic amines) is 1. The minimum atomic E-state index is 0.281. The van der Waals surface area contributed by atoms with E-state index in [0.717, 1.165) is 18.4 Å². The van der Waals surface area contributed by atoms with Crippen molar-refractivity contribution < 1.29 is 0 Å². The van der Waals surface area contributed by atoms with Crippen LogP contribution in [0.4, 0.5) is 0 Å². The second kappa shape index (κ2) is 7.94. The van der Waals surface area contributed by atoms with Gasteiger partial charge in [-0.2, -0.15) is 0 Å². The molecule has 3 unspecified atom stereocenters. The third-order valence-electron chi connectivity index (χ3n) is 6.18. The minimum absolute atomic E-state index is 0.281. The largest absolute Gasteiger partial charge is 0.329 e. The number of hydrogen-bond donors (Lipinski definition) is 1. The Hall–Kier alpha value is -0.120. The maximum absolute atomic E-state index is 6.28. The Morgan fingerprint density at radius 1 is 1.19 bits per heavy atom. The Balaban J connectivity index is 1.92. The van der Waals surface area contributed by atoms with Gasteiger partial charge in [0.15, 0.2) is 0 Å². The van der Waals surface area contributed by atoms with Crippen molar-refractivity contribution in [3.8, 4) is 0 Å². The molecule has 0 aromatic carbocycles. The first kappa shape index (κ1) is 17.2. The number of hydrogen-bond acceptors (Lipinski definition) is 3. The van der Waals surface area contributed by atoms with Crippen molar-refractivity contribution in [3.05, 3.63) is 0 Å². The first-order valence-corrected chi connectivity index (χ1v) is 9.19. The number of nitrogens with two attached hydrogens (primary N) is 1. The van der Waals surface area contributed by atoms with Gasteiger partial charge in [0, 0.05) is 25.2 Å². The van der Waals surface area contributed by atoms with Crippen LogP contribution in [-0.2, 0) is 0 Å². The molecule has 2 aliphatic rings. The summed E-state index contributed by atoms with van der Waals surface area (Å²) in [5.41, 5.74) is 6.56.